The monoisotopic (exact) mass is 249 g/mol. The molecule has 4 heteroatoms. The van der Waals surface area contributed by atoms with Crippen LogP contribution >= 0.6 is 0 Å². The van der Waals surface area contributed by atoms with Crippen molar-refractivity contribution in [3.63, 3.8) is 0 Å². The zero-order valence-corrected chi connectivity index (χ0v) is 11.3. The van der Waals surface area contributed by atoms with Gasteiger partial charge in [-0.25, -0.2) is 0 Å². The Morgan fingerprint density at radius 2 is 2.06 bits per heavy atom. The molecule has 0 amide bonds. The van der Waals surface area contributed by atoms with Crippen LogP contribution in [0.5, 0.6) is 0 Å². The maximum absolute atomic E-state index is 9.36. The van der Waals surface area contributed by atoms with Crippen LogP contribution in [-0.2, 0) is 6.61 Å². The Hall–Kier alpha value is -1.13. The minimum Gasteiger partial charge on any atom is -0.392 e. The van der Waals surface area contributed by atoms with Crippen molar-refractivity contribution in [2.75, 3.05) is 31.1 Å². The molecule has 0 aliphatic carbocycles. The number of anilines is 1. The second kappa shape index (κ2) is 6.16. The highest BCUT2D eigenvalue weighted by Crippen LogP contribution is 2.21. The second-order valence-corrected chi connectivity index (χ2v) is 4.94. The van der Waals surface area contributed by atoms with E-state index in [-0.39, 0.29) is 6.61 Å². The van der Waals surface area contributed by atoms with Crippen molar-refractivity contribution < 1.29 is 5.11 Å². The van der Waals surface area contributed by atoms with Gasteiger partial charge in [0.1, 0.15) is 0 Å². The first-order chi connectivity index (χ1) is 8.76. The minimum absolute atomic E-state index is 0.0867. The SMILES string of the molecule is CCC(C)N1CCN(c2cnccc2CO)CC1. The lowest BCUT2D eigenvalue weighted by Crippen LogP contribution is -2.49. The van der Waals surface area contributed by atoms with Crippen molar-refractivity contribution in [1.82, 2.24) is 9.88 Å². The number of rotatable bonds is 4. The number of aliphatic hydroxyl groups excluding tert-OH is 1. The molecule has 1 saturated heterocycles. The van der Waals surface area contributed by atoms with Crippen LogP contribution in [0.3, 0.4) is 0 Å². The Bertz CT molecular complexity index is 375. The molecule has 18 heavy (non-hydrogen) atoms. The molecule has 100 valence electrons. The zero-order chi connectivity index (χ0) is 13.0. The van der Waals surface area contributed by atoms with Crippen molar-refractivity contribution in [3.8, 4) is 0 Å². The summed E-state index contributed by atoms with van der Waals surface area (Å²) in [5.74, 6) is 0. The number of piperazine rings is 1. The van der Waals surface area contributed by atoms with Crippen LogP contribution in [-0.4, -0.2) is 47.2 Å². The van der Waals surface area contributed by atoms with Gasteiger partial charge in [-0.3, -0.25) is 9.88 Å². The van der Waals surface area contributed by atoms with Crippen molar-refractivity contribution >= 4 is 5.69 Å². The standard InChI is InChI=1S/C14H23N3O/c1-3-12(2)16-6-8-17(9-7-16)14-10-15-5-4-13(14)11-18/h4-5,10,12,18H,3,6-9,11H2,1-2H3. The summed E-state index contributed by atoms with van der Waals surface area (Å²) in [6, 6.07) is 2.56. The third-order valence-electron chi connectivity index (χ3n) is 3.93. The predicted molar refractivity (Wildman–Crippen MR) is 73.7 cm³/mol. The van der Waals surface area contributed by atoms with Crippen LogP contribution < -0.4 is 4.90 Å². The summed E-state index contributed by atoms with van der Waals surface area (Å²) >= 11 is 0. The van der Waals surface area contributed by atoms with Gasteiger partial charge in [-0.2, -0.15) is 0 Å². The van der Waals surface area contributed by atoms with E-state index in [0.717, 1.165) is 37.4 Å². The first-order valence-corrected chi connectivity index (χ1v) is 6.79. The summed E-state index contributed by atoms with van der Waals surface area (Å²) in [6.45, 7) is 8.83. The van der Waals surface area contributed by atoms with Crippen LogP contribution in [0.15, 0.2) is 18.5 Å². The molecule has 1 unspecified atom stereocenters. The number of aliphatic hydroxyl groups is 1. The van der Waals surface area contributed by atoms with Crippen molar-refractivity contribution in [2.24, 2.45) is 0 Å². The average molecular weight is 249 g/mol. The van der Waals surface area contributed by atoms with Crippen molar-refractivity contribution in [1.29, 1.82) is 0 Å². The molecule has 1 fully saturated rings. The maximum atomic E-state index is 9.36. The summed E-state index contributed by atoms with van der Waals surface area (Å²) in [4.78, 5) is 9.04. The van der Waals surface area contributed by atoms with Crippen LogP contribution in [0.2, 0.25) is 0 Å². The van der Waals surface area contributed by atoms with Crippen molar-refractivity contribution in [2.45, 2.75) is 32.9 Å². The van der Waals surface area contributed by atoms with E-state index in [1.54, 1.807) is 6.20 Å². The molecular formula is C14H23N3O. The molecule has 4 nitrogen and oxygen atoms in total. The quantitative estimate of drug-likeness (QED) is 0.877. The summed E-state index contributed by atoms with van der Waals surface area (Å²) in [6.07, 6.45) is 4.81. The van der Waals surface area contributed by atoms with Gasteiger partial charge < -0.3 is 10.0 Å². The topological polar surface area (TPSA) is 39.6 Å². The number of hydrogen-bond acceptors (Lipinski definition) is 4. The van der Waals surface area contributed by atoms with E-state index in [9.17, 15) is 5.11 Å². The normalized spacial score (nSPS) is 18.9. The Morgan fingerprint density at radius 1 is 1.33 bits per heavy atom. The van der Waals surface area contributed by atoms with Gasteiger partial charge in [0.15, 0.2) is 0 Å². The third kappa shape index (κ3) is 2.82. The maximum Gasteiger partial charge on any atom is 0.0703 e. The molecule has 1 aromatic heterocycles. The van der Waals surface area contributed by atoms with Gasteiger partial charge in [-0.1, -0.05) is 6.92 Å². The molecular weight excluding hydrogens is 226 g/mol. The third-order valence-corrected chi connectivity index (χ3v) is 3.93. The van der Waals surface area contributed by atoms with Gasteiger partial charge in [-0.15, -0.1) is 0 Å². The second-order valence-electron chi connectivity index (χ2n) is 4.94. The molecule has 0 aromatic carbocycles. The molecule has 0 saturated carbocycles. The van der Waals surface area contributed by atoms with Crippen molar-refractivity contribution in [3.05, 3.63) is 24.0 Å². The fourth-order valence-electron chi connectivity index (χ4n) is 2.50. The Labute approximate surface area is 109 Å². The minimum atomic E-state index is 0.0867. The highest BCUT2D eigenvalue weighted by Gasteiger charge is 2.21. The molecule has 0 radical (unpaired) electrons. The van der Waals surface area contributed by atoms with E-state index in [2.05, 4.69) is 28.6 Å². The molecule has 1 atom stereocenters. The molecule has 1 aliphatic heterocycles. The molecule has 1 N–H and O–H groups in total. The lowest BCUT2D eigenvalue weighted by atomic mass is 10.1. The highest BCUT2D eigenvalue weighted by molar-refractivity contribution is 5.51. The fourth-order valence-corrected chi connectivity index (χ4v) is 2.50. The summed E-state index contributed by atoms with van der Waals surface area (Å²) in [5.41, 5.74) is 2.06. The molecule has 0 spiro atoms. The molecule has 1 aliphatic rings. The van der Waals surface area contributed by atoms with E-state index in [1.165, 1.54) is 6.42 Å². The van der Waals surface area contributed by atoms with Crippen LogP contribution in [0.25, 0.3) is 0 Å². The number of aromatic nitrogens is 1. The number of nitrogens with zero attached hydrogens (tertiary/aromatic N) is 3. The van der Waals surface area contributed by atoms with Gasteiger partial charge in [0.25, 0.3) is 0 Å². The van der Waals surface area contributed by atoms with Gasteiger partial charge in [-0.05, 0) is 19.4 Å². The molecule has 0 bridgehead atoms. The number of hydrogen-bond donors (Lipinski definition) is 1. The Balaban J connectivity index is 2.01. The molecule has 1 aromatic rings. The summed E-state index contributed by atoms with van der Waals surface area (Å²) in [7, 11) is 0. The van der Waals surface area contributed by atoms with Gasteiger partial charge >= 0.3 is 0 Å². The largest absolute Gasteiger partial charge is 0.392 e. The number of pyridine rings is 1. The smallest absolute Gasteiger partial charge is 0.0703 e. The van der Waals surface area contributed by atoms with E-state index in [4.69, 9.17) is 0 Å². The highest BCUT2D eigenvalue weighted by atomic mass is 16.3. The summed E-state index contributed by atoms with van der Waals surface area (Å²) in [5, 5.41) is 9.36. The molecule has 2 heterocycles. The van der Waals surface area contributed by atoms with Gasteiger partial charge in [0, 0.05) is 44.0 Å². The van der Waals surface area contributed by atoms with E-state index in [1.807, 2.05) is 12.3 Å². The van der Waals surface area contributed by atoms with E-state index < -0.39 is 0 Å². The first-order valence-electron chi connectivity index (χ1n) is 6.79. The first kappa shape index (κ1) is 13.3. The summed E-state index contributed by atoms with van der Waals surface area (Å²) < 4.78 is 0. The van der Waals surface area contributed by atoms with E-state index in [0.29, 0.717) is 6.04 Å². The fraction of sp³-hybridized carbons (Fsp3) is 0.643. The van der Waals surface area contributed by atoms with Gasteiger partial charge in [0.05, 0.1) is 18.5 Å². The van der Waals surface area contributed by atoms with Gasteiger partial charge in [0.2, 0.25) is 0 Å². The predicted octanol–water partition coefficient (Wildman–Crippen LogP) is 1.49. The zero-order valence-electron chi connectivity index (χ0n) is 11.3. The van der Waals surface area contributed by atoms with Crippen LogP contribution in [0, 0.1) is 0 Å². The Kier molecular flexibility index (Phi) is 4.55. The van der Waals surface area contributed by atoms with E-state index >= 15 is 0 Å². The van der Waals surface area contributed by atoms with Crippen LogP contribution in [0.1, 0.15) is 25.8 Å². The van der Waals surface area contributed by atoms with Crippen LogP contribution in [0.4, 0.5) is 5.69 Å². The lowest BCUT2D eigenvalue weighted by Gasteiger charge is -2.39. The lowest BCUT2D eigenvalue weighted by molar-refractivity contribution is 0.192. The Morgan fingerprint density at radius 3 is 2.67 bits per heavy atom. The molecule has 2 rings (SSSR count). The average Bonchev–Trinajstić information content (AvgIpc) is 2.46.